The molecule has 3 atom stereocenters. The molecule has 0 spiro atoms. The van der Waals surface area contributed by atoms with Crippen molar-refractivity contribution in [1.82, 2.24) is 5.32 Å². The van der Waals surface area contributed by atoms with Gasteiger partial charge in [-0.2, -0.15) is 0 Å². The van der Waals surface area contributed by atoms with E-state index in [9.17, 15) is 0 Å². The number of rotatable bonds is 3. The van der Waals surface area contributed by atoms with Crippen molar-refractivity contribution in [2.75, 3.05) is 6.54 Å². The summed E-state index contributed by atoms with van der Waals surface area (Å²) in [5, 5.41) is 3.71. The van der Waals surface area contributed by atoms with Crippen LogP contribution in [-0.2, 0) is 0 Å². The fourth-order valence-electron chi connectivity index (χ4n) is 3.32. The highest BCUT2D eigenvalue weighted by Crippen LogP contribution is 2.43. The molecule has 1 aliphatic rings. The Labute approximate surface area is 115 Å². The van der Waals surface area contributed by atoms with Crippen LogP contribution in [0, 0.1) is 23.2 Å². The molecule has 0 aromatic rings. The van der Waals surface area contributed by atoms with Crippen LogP contribution in [0.25, 0.3) is 0 Å². The van der Waals surface area contributed by atoms with E-state index in [-0.39, 0.29) is 5.54 Å². The number of hydrogen-bond donors (Lipinski definition) is 1. The van der Waals surface area contributed by atoms with Gasteiger partial charge in [0.25, 0.3) is 0 Å². The molecule has 1 aliphatic carbocycles. The van der Waals surface area contributed by atoms with E-state index in [1.165, 1.54) is 32.2 Å². The van der Waals surface area contributed by atoms with Crippen LogP contribution in [-0.4, -0.2) is 12.1 Å². The maximum atomic E-state index is 3.71. The largest absolute Gasteiger partial charge is 0.312 e. The molecule has 1 fully saturated rings. The standard InChI is InChI=1S/C17H35N/c1-8-13-11-15(16(2,3)4)10-9-14(13)12-18-17(5,6)7/h13-15,18H,8-12H2,1-7H3. The lowest BCUT2D eigenvalue weighted by atomic mass is 9.65. The average Bonchev–Trinajstić information content (AvgIpc) is 2.23. The topological polar surface area (TPSA) is 12.0 Å². The molecule has 18 heavy (non-hydrogen) atoms. The van der Waals surface area contributed by atoms with E-state index in [4.69, 9.17) is 0 Å². The Balaban J connectivity index is 2.53. The van der Waals surface area contributed by atoms with E-state index in [0.29, 0.717) is 5.41 Å². The Morgan fingerprint density at radius 1 is 0.944 bits per heavy atom. The molecule has 3 unspecified atom stereocenters. The predicted octanol–water partition coefficient (Wildman–Crippen LogP) is 4.86. The molecule has 0 heterocycles. The Morgan fingerprint density at radius 2 is 1.56 bits per heavy atom. The molecule has 1 rings (SSSR count). The second-order valence-corrected chi connectivity index (χ2v) is 8.44. The Bertz CT molecular complexity index is 243. The summed E-state index contributed by atoms with van der Waals surface area (Å²) in [6, 6.07) is 0. The molecule has 1 N–H and O–H groups in total. The maximum Gasteiger partial charge on any atom is 0.00966 e. The van der Waals surface area contributed by atoms with E-state index in [0.717, 1.165) is 17.8 Å². The van der Waals surface area contributed by atoms with Gasteiger partial charge in [0, 0.05) is 5.54 Å². The highest BCUT2D eigenvalue weighted by atomic mass is 14.9. The molecule has 0 saturated heterocycles. The lowest BCUT2D eigenvalue weighted by Gasteiger charge is -2.42. The summed E-state index contributed by atoms with van der Waals surface area (Å²) in [4.78, 5) is 0. The molecule has 0 amide bonds. The Kier molecular flexibility index (Phi) is 5.29. The molecule has 0 aromatic carbocycles. The smallest absolute Gasteiger partial charge is 0.00966 e. The average molecular weight is 253 g/mol. The third kappa shape index (κ3) is 4.91. The SMILES string of the molecule is CCC1CC(C(C)(C)C)CCC1CNC(C)(C)C. The van der Waals surface area contributed by atoms with E-state index in [2.05, 4.69) is 53.8 Å². The summed E-state index contributed by atoms with van der Waals surface area (Å²) in [6.45, 7) is 17.6. The zero-order valence-electron chi connectivity index (χ0n) is 13.8. The third-order valence-corrected chi connectivity index (χ3v) is 4.78. The second kappa shape index (κ2) is 5.94. The van der Waals surface area contributed by atoms with Crippen LogP contribution in [0.5, 0.6) is 0 Å². The zero-order valence-corrected chi connectivity index (χ0v) is 13.8. The fraction of sp³-hybridized carbons (Fsp3) is 1.00. The van der Waals surface area contributed by atoms with Gasteiger partial charge in [0.1, 0.15) is 0 Å². The van der Waals surface area contributed by atoms with Crippen LogP contribution in [0.2, 0.25) is 0 Å². The molecule has 0 aromatic heterocycles. The Morgan fingerprint density at radius 3 is 2.00 bits per heavy atom. The summed E-state index contributed by atoms with van der Waals surface area (Å²) >= 11 is 0. The number of hydrogen-bond acceptors (Lipinski definition) is 1. The van der Waals surface area contributed by atoms with Gasteiger partial charge in [0.05, 0.1) is 0 Å². The van der Waals surface area contributed by atoms with Crippen LogP contribution < -0.4 is 5.32 Å². The third-order valence-electron chi connectivity index (χ3n) is 4.78. The first-order valence-corrected chi connectivity index (χ1v) is 7.88. The molecular weight excluding hydrogens is 218 g/mol. The van der Waals surface area contributed by atoms with Gasteiger partial charge in [-0.1, -0.05) is 34.1 Å². The fourth-order valence-corrected chi connectivity index (χ4v) is 3.32. The minimum absolute atomic E-state index is 0.263. The first kappa shape index (κ1) is 16.0. The summed E-state index contributed by atoms with van der Waals surface area (Å²) in [5.74, 6) is 2.75. The predicted molar refractivity (Wildman–Crippen MR) is 81.8 cm³/mol. The molecule has 108 valence electrons. The molecule has 0 aliphatic heterocycles. The van der Waals surface area contributed by atoms with Gasteiger partial charge in [-0.15, -0.1) is 0 Å². The summed E-state index contributed by atoms with van der Waals surface area (Å²) in [7, 11) is 0. The van der Waals surface area contributed by atoms with Crippen LogP contribution in [0.3, 0.4) is 0 Å². The second-order valence-electron chi connectivity index (χ2n) is 8.44. The van der Waals surface area contributed by atoms with Gasteiger partial charge in [0.2, 0.25) is 0 Å². The Hall–Kier alpha value is -0.0400. The molecular formula is C17H35N. The molecule has 1 nitrogen and oxygen atoms in total. The summed E-state index contributed by atoms with van der Waals surface area (Å²) in [5.41, 5.74) is 0.759. The van der Waals surface area contributed by atoms with Crippen molar-refractivity contribution >= 4 is 0 Å². The van der Waals surface area contributed by atoms with Crippen molar-refractivity contribution in [3.05, 3.63) is 0 Å². The van der Waals surface area contributed by atoms with Crippen molar-refractivity contribution in [3.63, 3.8) is 0 Å². The van der Waals surface area contributed by atoms with Gasteiger partial charge >= 0.3 is 0 Å². The van der Waals surface area contributed by atoms with Crippen molar-refractivity contribution in [2.45, 2.75) is 79.7 Å². The highest BCUT2D eigenvalue weighted by molar-refractivity contribution is 4.87. The molecule has 0 bridgehead atoms. The van der Waals surface area contributed by atoms with E-state index in [1.807, 2.05) is 0 Å². The van der Waals surface area contributed by atoms with Gasteiger partial charge in [-0.25, -0.2) is 0 Å². The highest BCUT2D eigenvalue weighted by Gasteiger charge is 2.35. The minimum atomic E-state index is 0.263. The van der Waals surface area contributed by atoms with Gasteiger partial charge in [0.15, 0.2) is 0 Å². The van der Waals surface area contributed by atoms with Gasteiger partial charge < -0.3 is 5.32 Å². The lowest BCUT2D eigenvalue weighted by molar-refractivity contribution is 0.0918. The van der Waals surface area contributed by atoms with E-state index < -0.39 is 0 Å². The molecule has 0 radical (unpaired) electrons. The van der Waals surface area contributed by atoms with Gasteiger partial charge in [-0.3, -0.25) is 0 Å². The maximum absolute atomic E-state index is 3.71. The van der Waals surface area contributed by atoms with Crippen molar-refractivity contribution < 1.29 is 0 Å². The number of nitrogens with one attached hydrogen (secondary N) is 1. The summed E-state index contributed by atoms with van der Waals surface area (Å²) < 4.78 is 0. The van der Waals surface area contributed by atoms with Crippen LogP contribution in [0.4, 0.5) is 0 Å². The van der Waals surface area contributed by atoms with Crippen LogP contribution >= 0.6 is 0 Å². The first-order chi connectivity index (χ1) is 8.13. The van der Waals surface area contributed by atoms with Crippen molar-refractivity contribution in [3.8, 4) is 0 Å². The zero-order chi connectivity index (χ0) is 14.0. The van der Waals surface area contributed by atoms with E-state index in [1.54, 1.807) is 0 Å². The van der Waals surface area contributed by atoms with E-state index >= 15 is 0 Å². The minimum Gasteiger partial charge on any atom is -0.312 e. The van der Waals surface area contributed by atoms with Crippen LogP contribution in [0.15, 0.2) is 0 Å². The lowest BCUT2D eigenvalue weighted by Crippen LogP contribution is -2.43. The molecule has 1 heteroatoms. The quantitative estimate of drug-likeness (QED) is 0.757. The van der Waals surface area contributed by atoms with Crippen LogP contribution in [0.1, 0.15) is 74.1 Å². The normalized spacial score (nSPS) is 30.5. The van der Waals surface area contributed by atoms with Gasteiger partial charge in [-0.05, 0) is 69.7 Å². The monoisotopic (exact) mass is 253 g/mol. The first-order valence-electron chi connectivity index (χ1n) is 7.88. The van der Waals surface area contributed by atoms with Crippen molar-refractivity contribution in [2.24, 2.45) is 23.2 Å². The molecule has 1 saturated carbocycles. The summed E-state index contributed by atoms with van der Waals surface area (Å²) in [6.07, 6.45) is 5.64. The van der Waals surface area contributed by atoms with Crippen molar-refractivity contribution in [1.29, 1.82) is 0 Å².